The number of hydrogen-bond donors (Lipinski definition) is 1. The van der Waals surface area contributed by atoms with E-state index in [0.717, 1.165) is 57.0 Å². The highest BCUT2D eigenvalue weighted by atomic mass is 16.5. The van der Waals surface area contributed by atoms with Gasteiger partial charge < -0.3 is 24.4 Å². The first-order valence-corrected chi connectivity index (χ1v) is 10.2. The van der Waals surface area contributed by atoms with Crippen molar-refractivity contribution in [2.45, 2.75) is 57.8 Å². The fourth-order valence-corrected chi connectivity index (χ4v) is 3.95. The number of aromatic nitrogens is 2. The molecule has 0 radical (unpaired) electrons. The van der Waals surface area contributed by atoms with Gasteiger partial charge in [0, 0.05) is 32.9 Å². The molecule has 0 aromatic carbocycles. The molecule has 152 valence electrons. The summed E-state index contributed by atoms with van der Waals surface area (Å²) in [5, 5.41) is 3.59. The lowest BCUT2D eigenvalue weighted by atomic mass is 9.93. The molecule has 2 saturated heterocycles. The maximum absolute atomic E-state index is 5.98. The van der Waals surface area contributed by atoms with Gasteiger partial charge in [0.25, 0.3) is 0 Å². The smallest absolute Gasteiger partial charge is 0.134 e. The molecule has 7 nitrogen and oxygen atoms in total. The van der Waals surface area contributed by atoms with E-state index >= 15 is 0 Å². The van der Waals surface area contributed by atoms with E-state index in [1.165, 1.54) is 0 Å². The van der Waals surface area contributed by atoms with Gasteiger partial charge in [0.1, 0.15) is 18.0 Å². The lowest BCUT2D eigenvalue weighted by molar-refractivity contribution is -0.0203. The third-order valence-electron chi connectivity index (χ3n) is 5.42. The van der Waals surface area contributed by atoms with Gasteiger partial charge in [-0.2, -0.15) is 0 Å². The van der Waals surface area contributed by atoms with Crippen molar-refractivity contribution in [1.82, 2.24) is 9.97 Å². The van der Waals surface area contributed by atoms with Crippen molar-refractivity contribution in [3.63, 3.8) is 0 Å². The normalized spacial score (nSPS) is 24.4. The van der Waals surface area contributed by atoms with Gasteiger partial charge in [-0.1, -0.05) is 13.8 Å². The van der Waals surface area contributed by atoms with Gasteiger partial charge in [-0.25, -0.2) is 9.97 Å². The Morgan fingerprint density at radius 2 is 2.04 bits per heavy atom. The zero-order valence-electron chi connectivity index (χ0n) is 16.9. The van der Waals surface area contributed by atoms with E-state index in [0.29, 0.717) is 31.3 Å². The monoisotopic (exact) mass is 378 g/mol. The summed E-state index contributed by atoms with van der Waals surface area (Å²) in [6, 6.07) is 2.37. The van der Waals surface area contributed by atoms with Crippen LogP contribution in [0.2, 0.25) is 0 Å². The van der Waals surface area contributed by atoms with Gasteiger partial charge in [-0.05, 0) is 31.6 Å². The van der Waals surface area contributed by atoms with Crippen LogP contribution in [0.25, 0.3) is 0 Å². The first-order valence-electron chi connectivity index (χ1n) is 10.2. The summed E-state index contributed by atoms with van der Waals surface area (Å²) in [6.45, 7) is 8.53. The van der Waals surface area contributed by atoms with E-state index < -0.39 is 0 Å². The van der Waals surface area contributed by atoms with Crippen LogP contribution < -0.4 is 10.2 Å². The highest BCUT2D eigenvalue weighted by molar-refractivity contribution is 5.49. The molecule has 1 aromatic rings. The Morgan fingerprint density at radius 1 is 1.22 bits per heavy atom. The number of hydrogen-bond acceptors (Lipinski definition) is 7. The standard InChI is InChI=1S/C20H34N4O3/c1-15(2)20-17(5-4-10-27-20)23-18-13-19(22-14-21-18)24-8-6-16(7-9-24)26-12-11-25-3/h13-17,20H,4-12H2,1-3H3,(H,21,22,23)/t17-,20-/m1/s1. The molecule has 0 spiro atoms. The van der Waals surface area contributed by atoms with Crippen LogP contribution >= 0.6 is 0 Å². The number of ether oxygens (including phenoxy) is 3. The fourth-order valence-electron chi connectivity index (χ4n) is 3.95. The number of methoxy groups -OCH3 is 1. The lowest BCUT2D eigenvalue weighted by Crippen LogP contribution is -2.43. The molecule has 0 amide bonds. The number of nitrogens with zero attached hydrogens (tertiary/aromatic N) is 3. The average molecular weight is 379 g/mol. The quantitative estimate of drug-likeness (QED) is 0.698. The molecular weight excluding hydrogens is 344 g/mol. The van der Waals surface area contributed by atoms with Crippen LogP contribution in [0, 0.1) is 5.92 Å². The van der Waals surface area contributed by atoms with E-state index in [-0.39, 0.29) is 6.10 Å². The van der Waals surface area contributed by atoms with E-state index in [9.17, 15) is 0 Å². The molecule has 0 saturated carbocycles. The van der Waals surface area contributed by atoms with Crippen molar-refractivity contribution < 1.29 is 14.2 Å². The highest BCUT2D eigenvalue weighted by Crippen LogP contribution is 2.25. The largest absolute Gasteiger partial charge is 0.382 e. The number of rotatable bonds is 8. The molecule has 0 aliphatic carbocycles. The fraction of sp³-hybridized carbons (Fsp3) is 0.800. The van der Waals surface area contributed by atoms with Crippen LogP contribution in [-0.4, -0.2) is 68.2 Å². The van der Waals surface area contributed by atoms with E-state index in [4.69, 9.17) is 14.2 Å². The number of anilines is 2. The van der Waals surface area contributed by atoms with Crippen molar-refractivity contribution in [3.8, 4) is 0 Å². The van der Waals surface area contributed by atoms with Crippen molar-refractivity contribution in [2.24, 2.45) is 5.92 Å². The van der Waals surface area contributed by atoms with Crippen LogP contribution in [0.15, 0.2) is 12.4 Å². The van der Waals surface area contributed by atoms with E-state index in [1.54, 1.807) is 13.4 Å². The van der Waals surface area contributed by atoms with Gasteiger partial charge in [-0.3, -0.25) is 0 Å². The predicted molar refractivity (Wildman–Crippen MR) is 106 cm³/mol. The molecule has 1 N–H and O–H groups in total. The van der Waals surface area contributed by atoms with E-state index in [2.05, 4.69) is 40.1 Å². The number of piperidine rings is 1. The Balaban J connectivity index is 1.55. The Labute approximate surface area is 162 Å². The lowest BCUT2D eigenvalue weighted by Gasteiger charge is -2.35. The minimum Gasteiger partial charge on any atom is -0.382 e. The summed E-state index contributed by atoms with van der Waals surface area (Å²) >= 11 is 0. The zero-order chi connectivity index (χ0) is 19.1. The maximum atomic E-state index is 5.98. The summed E-state index contributed by atoms with van der Waals surface area (Å²) in [5.74, 6) is 2.36. The van der Waals surface area contributed by atoms with Gasteiger partial charge in [0.15, 0.2) is 0 Å². The SMILES string of the molecule is COCCOC1CCN(c2cc(N[C@@H]3CCCO[C@@H]3C(C)C)ncn2)CC1. The van der Waals surface area contributed by atoms with Crippen molar-refractivity contribution in [2.75, 3.05) is 50.2 Å². The first-order chi connectivity index (χ1) is 13.2. The van der Waals surface area contributed by atoms with E-state index in [1.807, 2.05) is 0 Å². The molecule has 3 heterocycles. The van der Waals surface area contributed by atoms with Crippen LogP contribution in [0.3, 0.4) is 0 Å². The molecule has 0 bridgehead atoms. The molecule has 27 heavy (non-hydrogen) atoms. The summed E-state index contributed by atoms with van der Waals surface area (Å²) in [7, 11) is 1.70. The molecular formula is C20H34N4O3. The molecule has 7 heteroatoms. The summed E-state index contributed by atoms with van der Waals surface area (Å²) < 4.78 is 16.9. The molecule has 2 atom stereocenters. The second kappa shape index (κ2) is 10.2. The Morgan fingerprint density at radius 3 is 2.78 bits per heavy atom. The molecule has 2 fully saturated rings. The summed E-state index contributed by atoms with van der Waals surface area (Å²) in [4.78, 5) is 11.3. The van der Waals surface area contributed by atoms with Crippen LogP contribution in [0.5, 0.6) is 0 Å². The predicted octanol–water partition coefficient (Wildman–Crippen LogP) is 2.72. The van der Waals surface area contributed by atoms with Gasteiger partial charge in [0.2, 0.25) is 0 Å². The first kappa shape index (κ1) is 20.3. The molecule has 0 unspecified atom stereocenters. The molecule has 1 aromatic heterocycles. The third-order valence-corrected chi connectivity index (χ3v) is 5.42. The Bertz CT molecular complexity index is 564. The second-order valence-electron chi connectivity index (χ2n) is 7.78. The summed E-state index contributed by atoms with van der Waals surface area (Å²) in [5.41, 5.74) is 0. The average Bonchev–Trinajstić information content (AvgIpc) is 2.69. The second-order valence-corrected chi connectivity index (χ2v) is 7.78. The van der Waals surface area contributed by atoms with Crippen molar-refractivity contribution in [1.29, 1.82) is 0 Å². The summed E-state index contributed by atoms with van der Waals surface area (Å²) in [6.07, 6.45) is 6.46. The molecule has 3 rings (SSSR count). The minimum absolute atomic E-state index is 0.233. The highest BCUT2D eigenvalue weighted by Gasteiger charge is 2.29. The van der Waals surface area contributed by atoms with Gasteiger partial charge in [0.05, 0.1) is 31.5 Å². The molecule has 2 aliphatic rings. The van der Waals surface area contributed by atoms with Crippen molar-refractivity contribution >= 4 is 11.6 Å². The van der Waals surface area contributed by atoms with Crippen molar-refractivity contribution in [3.05, 3.63) is 12.4 Å². The maximum Gasteiger partial charge on any atom is 0.134 e. The Kier molecular flexibility index (Phi) is 7.67. The van der Waals surface area contributed by atoms with Crippen LogP contribution in [-0.2, 0) is 14.2 Å². The third kappa shape index (κ3) is 5.77. The van der Waals surface area contributed by atoms with Crippen LogP contribution in [0.1, 0.15) is 39.5 Å². The topological polar surface area (TPSA) is 68.7 Å². The Hall–Kier alpha value is -1.44. The molecule has 2 aliphatic heterocycles. The number of nitrogens with one attached hydrogen (secondary N) is 1. The van der Waals surface area contributed by atoms with Gasteiger partial charge >= 0.3 is 0 Å². The zero-order valence-corrected chi connectivity index (χ0v) is 16.9. The minimum atomic E-state index is 0.233. The van der Waals surface area contributed by atoms with Crippen LogP contribution in [0.4, 0.5) is 11.6 Å². The van der Waals surface area contributed by atoms with Gasteiger partial charge in [-0.15, -0.1) is 0 Å².